The molecule has 2 aromatic heterocycles. The van der Waals surface area contributed by atoms with Crippen molar-refractivity contribution in [3.8, 4) is 0 Å². The van der Waals surface area contributed by atoms with E-state index in [2.05, 4.69) is 204 Å². The van der Waals surface area contributed by atoms with E-state index in [1.807, 2.05) is 11.3 Å². The fourth-order valence-corrected chi connectivity index (χ4v) is 13.1. The van der Waals surface area contributed by atoms with Crippen LogP contribution in [0.15, 0.2) is 150 Å². The van der Waals surface area contributed by atoms with Crippen LogP contribution in [0.5, 0.6) is 0 Å². The third kappa shape index (κ3) is 5.16. The number of hydrogen-bond donors (Lipinski definition) is 0. The smallest absolute Gasteiger partial charge is 0.201 e. The second-order valence-corrected chi connectivity index (χ2v) is 20.9. The summed E-state index contributed by atoms with van der Waals surface area (Å²) >= 11 is 1.97. The Hall–Kier alpha value is -5.45. The third-order valence-corrected chi connectivity index (χ3v) is 15.9. The number of fused-ring (bicyclic) bond motifs is 15. The van der Waals surface area contributed by atoms with Gasteiger partial charge in [-0.3, -0.25) is 0 Å². The Balaban J connectivity index is 1.11. The van der Waals surface area contributed by atoms with Crippen molar-refractivity contribution in [1.82, 2.24) is 9.47 Å². The third-order valence-electron chi connectivity index (χ3n) is 14.8. The average Bonchev–Trinajstić information content (AvgIpc) is 3.80. The first kappa shape index (κ1) is 37.5. The van der Waals surface area contributed by atoms with Crippen LogP contribution in [0.4, 0.5) is 0 Å². The molecule has 5 heterocycles. The maximum Gasteiger partial charge on any atom is 0.201 e. The number of para-hydroxylation sites is 1. The molecule has 3 nitrogen and oxygen atoms in total. The molecule has 0 saturated carbocycles. The Morgan fingerprint density at radius 2 is 1.75 bits per heavy atom. The summed E-state index contributed by atoms with van der Waals surface area (Å²) in [5, 5.41) is 5.62. The molecule has 0 bridgehead atoms. The maximum atomic E-state index is 2.73. The molecule has 0 amide bonds. The first-order valence-corrected chi connectivity index (χ1v) is 22.8. The largest absolute Gasteiger partial charge is 0.370 e. The average molecular weight is 803 g/mol. The van der Waals surface area contributed by atoms with Gasteiger partial charge in [-0.1, -0.05) is 112 Å². The van der Waals surface area contributed by atoms with Crippen LogP contribution < -0.4 is 0 Å². The molecule has 60 heavy (non-hydrogen) atoms. The van der Waals surface area contributed by atoms with Gasteiger partial charge in [0.2, 0.25) is 5.54 Å². The Bertz CT molecular complexity index is 3140. The van der Waals surface area contributed by atoms with Gasteiger partial charge in [-0.2, -0.15) is 4.58 Å². The summed E-state index contributed by atoms with van der Waals surface area (Å²) in [4.78, 5) is 2.48. The van der Waals surface area contributed by atoms with E-state index < -0.39 is 0 Å². The number of hydrogen-bond acceptors (Lipinski definition) is 2. The van der Waals surface area contributed by atoms with Crippen molar-refractivity contribution in [2.75, 3.05) is 13.6 Å². The number of aryl methyl sites for hydroxylation is 2. The molecule has 0 radical (unpaired) electrons. The van der Waals surface area contributed by atoms with Crippen LogP contribution in [0.2, 0.25) is 0 Å². The first-order chi connectivity index (χ1) is 28.8. The molecule has 300 valence electrons. The van der Waals surface area contributed by atoms with Crippen molar-refractivity contribution in [2.45, 2.75) is 85.7 Å². The van der Waals surface area contributed by atoms with Gasteiger partial charge >= 0.3 is 0 Å². The Kier molecular flexibility index (Phi) is 8.15. The van der Waals surface area contributed by atoms with Crippen LogP contribution in [0, 0.1) is 24.7 Å². The topological polar surface area (TPSA) is 11.2 Å². The Labute approximate surface area is 359 Å². The number of thiophene rings is 1. The quantitative estimate of drug-likeness (QED) is 0.0927. The minimum Gasteiger partial charge on any atom is -0.370 e. The summed E-state index contributed by atoms with van der Waals surface area (Å²) in [7, 11) is 2.28. The second kappa shape index (κ2) is 13.0. The first-order valence-electron chi connectivity index (χ1n) is 22.0. The molecular formula is C56H56N3S+. The van der Waals surface area contributed by atoms with Crippen LogP contribution in [0.3, 0.4) is 0 Å². The molecule has 6 aromatic rings. The number of aromatic nitrogens is 1. The van der Waals surface area contributed by atoms with E-state index >= 15 is 0 Å². The lowest BCUT2D eigenvalue weighted by atomic mass is 9.50. The van der Waals surface area contributed by atoms with E-state index in [1.54, 1.807) is 0 Å². The summed E-state index contributed by atoms with van der Waals surface area (Å²) in [6.45, 7) is 19.5. The van der Waals surface area contributed by atoms with Crippen LogP contribution in [-0.2, 0) is 0 Å². The summed E-state index contributed by atoms with van der Waals surface area (Å²) in [6, 6.07) is 27.8. The van der Waals surface area contributed by atoms with E-state index in [0.717, 1.165) is 19.4 Å². The summed E-state index contributed by atoms with van der Waals surface area (Å²) in [5.41, 5.74) is 16.5. The molecule has 0 saturated heterocycles. The maximum absolute atomic E-state index is 2.73. The fourth-order valence-electron chi connectivity index (χ4n) is 11.8. The van der Waals surface area contributed by atoms with Crippen LogP contribution in [-0.4, -0.2) is 38.9 Å². The van der Waals surface area contributed by atoms with Gasteiger partial charge in [0.15, 0.2) is 11.9 Å². The zero-order valence-corrected chi connectivity index (χ0v) is 37.5. The molecule has 11 rings (SSSR count). The van der Waals surface area contributed by atoms with Crippen molar-refractivity contribution in [3.63, 3.8) is 0 Å². The van der Waals surface area contributed by atoms with Crippen LogP contribution in [0.25, 0.3) is 47.7 Å². The molecule has 0 fully saturated rings. The monoisotopic (exact) mass is 802 g/mol. The predicted octanol–water partition coefficient (Wildman–Crippen LogP) is 14.3. The Morgan fingerprint density at radius 1 is 0.950 bits per heavy atom. The summed E-state index contributed by atoms with van der Waals surface area (Å²) in [5.74, 6) is 0.262. The zero-order chi connectivity index (χ0) is 41.5. The second-order valence-electron chi connectivity index (χ2n) is 19.8. The lowest BCUT2D eigenvalue weighted by Crippen LogP contribution is -2.65. The molecule has 4 atom stereocenters. The van der Waals surface area contributed by atoms with E-state index in [4.69, 9.17) is 0 Å². The van der Waals surface area contributed by atoms with Crippen molar-refractivity contribution in [2.24, 2.45) is 10.8 Å². The fraction of sp³-hybridized carbons (Fsp3) is 0.304. The molecule has 4 aromatic carbocycles. The van der Waals surface area contributed by atoms with Gasteiger partial charge in [0, 0.05) is 91.4 Å². The van der Waals surface area contributed by atoms with Crippen molar-refractivity contribution in [3.05, 3.63) is 172 Å². The highest BCUT2D eigenvalue weighted by molar-refractivity contribution is 7.26. The van der Waals surface area contributed by atoms with Gasteiger partial charge < -0.3 is 9.47 Å². The summed E-state index contributed by atoms with van der Waals surface area (Å²) in [6.07, 6.45) is 24.1. The molecule has 2 aliphatic carbocycles. The van der Waals surface area contributed by atoms with E-state index in [9.17, 15) is 0 Å². The number of benzene rings is 4. The van der Waals surface area contributed by atoms with Gasteiger partial charge in [0.05, 0.1) is 23.4 Å². The van der Waals surface area contributed by atoms with E-state index in [1.165, 1.54) is 97.9 Å². The van der Waals surface area contributed by atoms with Gasteiger partial charge in [0.25, 0.3) is 0 Å². The van der Waals surface area contributed by atoms with Gasteiger partial charge in [-0.25, -0.2) is 0 Å². The number of allylic oxidation sites excluding steroid dienone is 9. The lowest BCUT2D eigenvalue weighted by Gasteiger charge is -2.56. The molecule has 4 unspecified atom stereocenters. The SMILES string of the molecule is C/C=C\C=C(\c1ccccc1C)N(C)CC1=CC2(C)C3=CC4C(C=C3C3=[N+](C=CC(CC(C)(C)C)=CC3)C12C)c1cc2sc3cc(C)ccc3c2c2c3ccccc3n4c12. The highest BCUT2D eigenvalue weighted by atomic mass is 32.1. The molecule has 4 heteroatoms. The van der Waals surface area contributed by atoms with Crippen molar-refractivity contribution >= 4 is 64.7 Å². The minimum atomic E-state index is -0.245. The number of nitrogens with zero attached hydrogens (tertiary/aromatic N) is 3. The van der Waals surface area contributed by atoms with Gasteiger partial charge in [-0.05, 0) is 91.6 Å². The molecular weight excluding hydrogens is 747 g/mol. The molecule has 0 spiro atoms. The highest BCUT2D eigenvalue weighted by Gasteiger charge is 2.68. The lowest BCUT2D eigenvalue weighted by molar-refractivity contribution is -0.559. The van der Waals surface area contributed by atoms with Crippen molar-refractivity contribution in [1.29, 1.82) is 0 Å². The molecule has 0 N–H and O–H groups in total. The van der Waals surface area contributed by atoms with E-state index in [-0.39, 0.29) is 28.3 Å². The van der Waals surface area contributed by atoms with Crippen molar-refractivity contribution < 1.29 is 4.58 Å². The Morgan fingerprint density at radius 3 is 2.55 bits per heavy atom. The van der Waals surface area contributed by atoms with Crippen LogP contribution >= 0.6 is 11.3 Å². The molecule has 3 aliphatic heterocycles. The van der Waals surface area contributed by atoms with Crippen LogP contribution in [0.1, 0.15) is 88.6 Å². The highest BCUT2D eigenvalue weighted by Crippen LogP contribution is 2.64. The summed E-state index contributed by atoms with van der Waals surface area (Å²) < 4.78 is 8.24. The number of likely N-dealkylation sites (N-methyl/N-ethyl adjacent to an activating group) is 1. The molecule has 5 aliphatic rings. The zero-order valence-electron chi connectivity index (χ0n) is 36.7. The minimum absolute atomic E-state index is 0.191. The normalized spacial score (nSPS) is 24.6. The van der Waals surface area contributed by atoms with Gasteiger partial charge in [-0.15, -0.1) is 11.3 Å². The standard InChI is InChI=1S/C56H56N3S/c1-10-11-19-45(38-17-13-12-16-35(38)3)57(9)33-37-32-55(7)44-30-48-41(28-43(44)46-24-22-36(31-54(4,5)6)25-26-58(46)56(37,55)8)42-29-50-51(40-23-21-34(2)27-49(40)60-50)52-39-18-14-15-20-47(39)59(48)53(42)52/h10-23,25-30,32,41,48H,24,31,33H2,1-9H3/q+1/b11-10-,45-19-. The number of rotatable bonds is 6. The van der Waals surface area contributed by atoms with E-state index in [0.29, 0.717) is 0 Å². The van der Waals surface area contributed by atoms with Gasteiger partial charge in [0.1, 0.15) is 0 Å². The predicted molar refractivity (Wildman–Crippen MR) is 257 cm³/mol.